The van der Waals surface area contributed by atoms with Crippen molar-refractivity contribution >= 4 is 29.2 Å². The summed E-state index contributed by atoms with van der Waals surface area (Å²) in [5.41, 5.74) is 0.911. The minimum absolute atomic E-state index is 0.0223. The van der Waals surface area contributed by atoms with Gasteiger partial charge < -0.3 is 29.5 Å². The van der Waals surface area contributed by atoms with Crippen LogP contribution in [0.25, 0.3) is 11.3 Å². The van der Waals surface area contributed by atoms with Crippen LogP contribution in [0.3, 0.4) is 0 Å². The number of fused-ring (bicyclic) bond motifs is 1. The number of pyridine rings is 1. The SMILES string of the molecule is CC(C)N1CCOc2c(F)cc(-c3nc(Nc4ccc(N5CCN(C(=O)OC(C)(C)C)CC5)nc4)ncc3F)cc21. The van der Waals surface area contributed by atoms with Crippen LogP contribution < -0.4 is 19.9 Å². The third-order valence-electron chi connectivity index (χ3n) is 6.81. The van der Waals surface area contributed by atoms with Crippen molar-refractivity contribution in [2.24, 2.45) is 0 Å². The van der Waals surface area contributed by atoms with Crippen LogP contribution >= 0.6 is 0 Å². The van der Waals surface area contributed by atoms with Gasteiger partial charge in [0.15, 0.2) is 17.4 Å². The van der Waals surface area contributed by atoms with Crippen molar-refractivity contribution in [1.29, 1.82) is 0 Å². The Morgan fingerprint density at radius 3 is 2.44 bits per heavy atom. The Morgan fingerprint density at radius 2 is 1.78 bits per heavy atom. The minimum Gasteiger partial charge on any atom is -0.486 e. The number of anilines is 4. The van der Waals surface area contributed by atoms with Gasteiger partial charge in [-0.05, 0) is 58.9 Å². The Balaban J connectivity index is 1.28. The molecule has 0 radical (unpaired) electrons. The lowest BCUT2D eigenvalue weighted by molar-refractivity contribution is 0.0240. The lowest BCUT2D eigenvalue weighted by atomic mass is 10.1. The van der Waals surface area contributed by atoms with Gasteiger partial charge in [-0.1, -0.05) is 0 Å². The van der Waals surface area contributed by atoms with E-state index < -0.39 is 17.2 Å². The fourth-order valence-corrected chi connectivity index (χ4v) is 4.83. The van der Waals surface area contributed by atoms with Crippen molar-refractivity contribution < 1.29 is 23.0 Å². The Hall–Kier alpha value is -4.22. The van der Waals surface area contributed by atoms with Crippen molar-refractivity contribution in [3.8, 4) is 17.0 Å². The smallest absolute Gasteiger partial charge is 0.410 e. The first kappa shape index (κ1) is 28.3. The quantitative estimate of drug-likeness (QED) is 0.445. The predicted molar refractivity (Wildman–Crippen MR) is 153 cm³/mol. The number of hydrogen-bond acceptors (Lipinski definition) is 9. The summed E-state index contributed by atoms with van der Waals surface area (Å²) in [4.78, 5) is 31.1. The Kier molecular flexibility index (Phi) is 7.83. The Labute approximate surface area is 238 Å². The minimum atomic E-state index is -0.665. The van der Waals surface area contributed by atoms with Crippen LogP contribution in [0.5, 0.6) is 5.75 Å². The maximum Gasteiger partial charge on any atom is 0.410 e. The fourth-order valence-electron chi connectivity index (χ4n) is 4.83. The summed E-state index contributed by atoms with van der Waals surface area (Å²) in [5, 5.41) is 3.05. The number of carbonyl (C=O) groups excluding carboxylic acids is 1. The second-order valence-corrected chi connectivity index (χ2v) is 11.3. The number of rotatable bonds is 5. The van der Waals surface area contributed by atoms with Gasteiger partial charge in [-0.3, -0.25) is 0 Å². The van der Waals surface area contributed by atoms with Gasteiger partial charge in [-0.15, -0.1) is 0 Å². The number of piperazine rings is 1. The molecule has 1 fully saturated rings. The first-order valence-electron chi connectivity index (χ1n) is 13.7. The molecular weight excluding hydrogens is 532 g/mol. The van der Waals surface area contributed by atoms with Gasteiger partial charge in [-0.2, -0.15) is 0 Å². The zero-order chi connectivity index (χ0) is 29.3. The number of hydrogen-bond donors (Lipinski definition) is 1. The standard InChI is InChI=1S/C29H35F2N7O3/c1-18(2)38-12-13-40-26-21(30)14-19(15-23(26)38)25-22(31)17-33-27(35-25)34-20-6-7-24(32-16-20)36-8-10-37(11-9-36)28(39)41-29(3,4)5/h6-7,14-18H,8-13H2,1-5H3,(H,33,34,35). The van der Waals surface area contributed by atoms with E-state index in [4.69, 9.17) is 9.47 Å². The maximum atomic E-state index is 15.0. The van der Waals surface area contributed by atoms with E-state index in [0.717, 1.165) is 12.0 Å². The second kappa shape index (κ2) is 11.3. The number of halogens is 2. The third-order valence-corrected chi connectivity index (χ3v) is 6.81. The third kappa shape index (κ3) is 6.41. The molecule has 41 heavy (non-hydrogen) atoms. The Bertz CT molecular complexity index is 1400. The molecule has 3 aromatic rings. The zero-order valence-electron chi connectivity index (χ0n) is 23.9. The van der Waals surface area contributed by atoms with E-state index in [2.05, 4.69) is 25.2 Å². The van der Waals surface area contributed by atoms with Crippen molar-refractivity contribution in [1.82, 2.24) is 19.9 Å². The van der Waals surface area contributed by atoms with Crippen LogP contribution in [-0.2, 0) is 4.74 Å². The van der Waals surface area contributed by atoms with E-state index in [-0.39, 0.29) is 29.5 Å². The highest BCUT2D eigenvalue weighted by atomic mass is 19.1. The highest BCUT2D eigenvalue weighted by Gasteiger charge is 2.27. The number of ether oxygens (including phenoxy) is 2. The molecule has 0 aliphatic carbocycles. The molecule has 0 saturated carbocycles. The van der Waals surface area contributed by atoms with Crippen molar-refractivity contribution in [3.05, 3.63) is 48.3 Å². The van der Waals surface area contributed by atoms with Gasteiger partial charge in [0.25, 0.3) is 0 Å². The maximum absolute atomic E-state index is 15.0. The molecule has 1 N–H and O–H groups in total. The van der Waals surface area contributed by atoms with E-state index in [1.807, 2.05) is 51.7 Å². The second-order valence-electron chi connectivity index (χ2n) is 11.3. The molecule has 1 aromatic carbocycles. The van der Waals surface area contributed by atoms with Gasteiger partial charge in [0, 0.05) is 37.8 Å². The van der Waals surface area contributed by atoms with Gasteiger partial charge in [0.05, 0.1) is 30.3 Å². The summed E-state index contributed by atoms with van der Waals surface area (Å²) in [6, 6.07) is 6.73. The number of carbonyl (C=O) groups is 1. The highest BCUT2D eigenvalue weighted by Crippen LogP contribution is 2.39. The van der Waals surface area contributed by atoms with E-state index >= 15 is 0 Å². The van der Waals surface area contributed by atoms with Crippen molar-refractivity contribution in [2.45, 2.75) is 46.3 Å². The van der Waals surface area contributed by atoms with Crippen molar-refractivity contribution in [3.63, 3.8) is 0 Å². The lowest BCUT2D eigenvalue weighted by Gasteiger charge is -2.36. The first-order chi connectivity index (χ1) is 19.5. The molecule has 0 bridgehead atoms. The van der Waals surface area contributed by atoms with Crippen molar-refractivity contribution in [2.75, 3.05) is 54.4 Å². The van der Waals surface area contributed by atoms with Crippen LogP contribution in [0.15, 0.2) is 36.7 Å². The summed E-state index contributed by atoms with van der Waals surface area (Å²) in [6.45, 7) is 12.9. The molecule has 0 unspecified atom stereocenters. The summed E-state index contributed by atoms with van der Waals surface area (Å²) in [5.74, 6) is -0.152. The molecule has 1 saturated heterocycles. The van der Waals surface area contributed by atoms with E-state index in [9.17, 15) is 13.6 Å². The molecule has 0 spiro atoms. The average Bonchev–Trinajstić information content (AvgIpc) is 2.93. The van der Waals surface area contributed by atoms with E-state index in [0.29, 0.717) is 56.3 Å². The molecule has 2 aliphatic heterocycles. The highest BCUT2D eigenvalue weighted by molar-refractivity contribution is 5.73. The number of nitrogens with zero attached hydrogens (tertiary/aromatic N) is 6. The van der Waals surface area contributed by atoms with Crippen LogP contribution in [0, 0.1) is 11.6 Å². The summed E-state index contributed by atoms with van der Waals surface area (Å²) < 4.78 is 40.9. The van der Waals surface area contributed by atoms with Crippen LogP contribution in [0.1, 0.15) is 34.6 Å². The van der Waals surface area contributed by atoms with E-state index in [1.165, 1.54) is 6.07 Å². The number of aromatic nitrogens is 3. The molecule has 12 heteroatoms. The Morgan fingerprint density at radius 1 is 1.02 bits per heavy atom. The molecule has 0 atom stereocenters. The predicted octanol–water partition coefficient (Wildman–Crippen LogP) is 5.22. The summed E-state index contributed by atoms with van der Waals surface area (Å²) in [6.07, 6.45) is 2.38. The topological polar surface area (TPSA) is 96.0 Å². The molecule has 2 aromatic heterocycles. The number of benzene rings is 1. The molecule has 5 rings (SSSR count). The normalized spacial score (nSPS) is 15.5. The molecular formula is C29H35F2N7O3. The van der Waals surface area contributed by atoms with E-state index in [1.54, 1.807) is 17.2 Å². The van der Waals surface area contributed by atoms with Crippen LogP contribution in [0.2, 0.25) is 0 Å². The molecule has 4 heterocycles. The first-order valence-corrected chi connectivity index (χ1v) is 13.7. The summed E-state index contributed by atoms with van der Waals surface area (Å²) >= 11 is 0. The monoisotopic (exact) mass is 567 g/mol. The van der Waals surface area contributed by atoms with Gasteiger partial charge >= 0.3 is 6.09 Å². The number of nitrogens with one attached hydrogen (secondary N) is 1. The fraction of sp³-hybridized carbons (Fsp3) is 0.448. The lowest BCUT2D eigenvalue weighted by Crippen LogP contribution is -2.50. The molecule has 2 aliphatic rings. The largest absolute Gasteiger partial charge is 0.486 e. The average molecular weight is 568 g/mol. The molecule has 10 nitrogen and oxygen atoms in total. The molecule has 1 amide bonds. The number of amides is 1. The van der Waals surface area contributed by atoms with Crippen LogP contribution in [0.4, 0.5) is 36.7 Å². The summed E-state index contributed by atoms with van der Waals surface area (Å²) in [7, 11) is 0. The van der Waals surface area contributed by atoms with Gasteiger partial charge in [0.1, 0.15) is 23.7 Å². The zero-order valence-corrected chi connectivity index (χ0v) is 23.9. The van der Waals surface area contributed by atoms with Crippen LogP contribution in [-0.4, -0.2) is 76.9 Å². The van der Waals surface area contributed by atoms with Gasteiger partial charge in [-0.25, -0.2) is 28.5 Å². The molecule has 218 valence electrons. The van der Waals surface area contributed by atoms with Gasteiger partial charge in [0.2, 0.25) is 5.95 Å².